The van der Waals surface area contributed by atoms with E-state index in [9.17, 15) is 9.18 Å². The number of hydrogen-bond acceptors (Lipinski definition) is 8. The van der Waals surface area contributed by atoms with Crippen molar-refractivity contribution in [3.8, 4) is 17.6 Å². The van der Waals surface area contributed by atoms with Crippen molar-refractivity contribution in [3.63, 3.8) is 0 Å². The molecule has 6 rings (SSSR count). The summed E-state index contributed by atoms with van der Waals surface area (Å²) in [4.78, 5) is 27.0. The standard InChI is InChI=1S/C35H32ClFN6O2S/c1-42-14-16-43(17-15-42)21-24-7-9-26(10-8-24)35(44)38-13-3-6-29-20-31-33(46-29)34(40-23-39-31)41-28-11-12-32(30(36)19-28)45-22-25-4-2-5-27(37)18-25/h2,4-5,7-12,18-20,23H,13-17,21-22H2,1H3,(H,38,44)(H,39,40,41). The van der Waals surface area contributed by atoms with Crippen LogP contribution in [0.2, 0.25) is 5.02 Å². The molecular formula is C35H32ClFN6O2S. The number of fused-ring (bicyclic) bond motifs is 1. The van der Waals surface area contributed by atoms with Crippen molar-refractivity contribution in [1.29, 1.82) is 0 Å². The Morgan fingerprint density at radius 3 is 2.63 bits per heavy atom. The van der Waals surface area contributed by atoms with Crippen molar-refractivity contribution in [1.82, 2.24) is 25.1 Å². The van der Waals surface area contributed by atoms with Gasteiger partial charge in [0.1, 0.15) is 24.5 Å². The van der Waals surface area contributed by atoms with Crippen molar-refractivity contribution in [2.24, 2.45) is 0 Å². The number of hydrogen-bond donors (Lipinski definition) is 2. The maximum absolute atomic E-state index is 13.5. The van der Waals surface area contributed by atoms with Gasteiger partial charge in [-0.3, -0.25) is 9.69 Å². The summed E-state index contributed by atoms with van der Waals surface area (Å²) in [6.07, 6.45) is 1.49. The second kappa shape index (κ2) is 14.7. The van der Waals surface area contributed by atoms with Crippen molar-refractivity contribution < 1.29 is 13.9 Å². The molecule has 46 heavy (non-hydrogen) atoms. The Labute approximate surface area is 276 Å². The summed E-state index contributed by atoms with van der Waals surface area (Å²) in [7, 11) is 2.15. The molecule has 8 nitrogen and oxygen atoms in total. The van der Waals surface area contributed by atoms with E-state index in [2.05, 4.69) is 49.3 Å². The first-order valence-electron chi connectivity index (χ1n) is 14.8. The van der Waals surface area contributed by atoms with Gasteiger partial charge in [0.15, 0.2) is 5.82 Å². The van der Waals surface area contributed by atoms with Crippen LogP contribution in [-0.4, -0.2) is 65.4 Å². The van der Waals surface area contributed by atoms with E-state index in [-0.39, 0.29) is 24.9 Å². The number of piperazine rings is 1. The van der Waals surface area contributed by atoms with Gasteiger partial charge >= 0.3 is 0 Å². The fourth-order valence-electron chi connectivity index (χ4n) is 5.01. The zero-order valence-electron chi connectivity index (χ0n) is 25.2. The average molecular weight is 655 g/mol. The van der Waals surface area contributed by atoms with Crippen LogP contribution in [0.1, 0.15) is 26.4 Å². The third kappa shape index (κ3) is 8.19. The van der Waals surface area contributed by atoms with Gasteiger partial charge in [-0.25, -0.2) is 14.4 Å². The van der Waals surface area contributed by atoms with Gasteiger partial charge in [0, 0.05) is 44.0 Å². The third-order valence-electron chi connectivity index (χ3n) is 7.56. The summed E-state index contributed by atoms with van der Waals surface area (Å²) >= 11 is 7.93. The van der Waals surface area contributed by atoms with Gasteiger partial charge in [-0.05, 0) is 66.7 Å². The highest BCUT2D eigenvalue weighted by molar-refractivity contribution is 7.20. The van der Waals surface area contributed by atoms with Gasteiger partial charge in [-0.15, -0.1) is 11.3 Å². The number of benzene rings is 3. The second-order valence-electron chi connectivity index (χ2n) is 11.0. The van der Waals surface area contributed by atoms with Crippen LogP contribution < -0.4 is 15.4 Å². The Bertz CT molecular complexity index is 1900. The van der Waals surface area contributed by atoms with Crippen molar-refractivity contribution in [3.05, 3.63) is 112 Å². The van der Waals surface area contributed by atoms with Crippen LogP contribution in [0.5, 0.6) is 5.75 Å². The number of nitrogens with one attached hydrogen (secondary N) is 2. The predicted octanol–water partition coefficient (Wildman–Crippen LogP) is 6.34. The number of anilines is 2. The predicted molar refractivity (Wildman–Crippen MR) is 181 cm³/mol. The van der Waals surface area contributed by atoms with E-state index in [0.29, 0.717) is 27.7 Å². The van der Waals surface area contributed by atoms with Gasteiger partial charge in [-0.1, -0.05) is 47.7 Å². The molecule has 1 saturated heterocycles. The van der Waals surface area contributed by atoms with Crippen LogP contribution in [0.15, 0.2) is 79.1 Å². The SMILES string of the molecule is CN1CCN(Cc2ccc(C(=O)NCC#Cc3cc4ncnc(Nc5ccc(OCc6cccc(F)c6)c(Cl)c5)c4s3)cc2)CC1. The van der Waals surface area contributed by atoms with Crippen LogP contribution in [0.25, 0.3) is 10.2 Å². The molecule has 3 heterocycles. The molecule has 2 N–H and O–H groups in total. The van der Waals surface area contributed by atoms with Gasteiger partial charge in [0.2, 0.25) is 0 Å². The topological polar surface area (TPSA) is 82.6 Å². The Hall–Kier alpha value is -4.53. The molecule has 1 aliphatic rings. The highest BCUT2D eigenvalue weighted by Gasteiger charge is 2.14. The highest BCUT2D eigenvalue weighted by Crippen LogP contribution is 2.33. The lowest BCUT2D eigenvalue weighted by Gasteiger charge is -2.32. The Morgan fingerprint density at radius 2 is 1.85 bits per heavy atom. The number of rotatable bonds is 9. The molecule has 2 aromatic heterocycles. The van der Waals surface area contributed by atoms with Crippen molar-refractivity contribution in [2.75, 3.05) is 45.1 Å². The van der Waals surface area contributed by atoms with Gasteiger partial charge in [-0.2, -0.15) is 0 Å². The van der Waals surface area contributed by atoms with Crippen LogP contribution in [-0.2, 0) is 13.2 Å². The van der Waals surface area contributed by atoms with E-state index in [1.165, 1.54) is 35.4 Å². The zero-order valence-corrected chi connectivity index (χ0v) is 26.8. The van der Waals surface area contributed by atoms with Gasteiger partial charge < -0.3 is 20.3 Å². The summed E-state index contributed by atoms with van der Waals surface area (Å²) < 4.78 is 20.1. The minimum absolute atomic E-state index is 0.154. The highest BCUT2D eigenvalue weighted by atomic mass is 35.5. The zero-order chi connectivity index (χ0) is 31.9. The number of aromatic nitrogens is 2. The minimum atomic E-state index is -0.314. The van der Waals surface area contributed by atoms with E-state index < -0.39 is 0 Å². The first kappa shape index (κ1) is 31.5. The van der Waals surface area contributed by atoms with Gasteiger partial charge in [0.05, 0.1) is 26.7 Å². The summed E-state index contributed by atoms with van der Waals surface area (Å²) in [6.45, 7) is 5.59. The number of carbonyl (C=O) groups excluding carboxylic acids is 1. The fourth-order valence-corrected chi connectivity index (χ4v) is 6.17. The first-order chi connectivity index (χ1) is 22.4. The lowest BCUT2D eigenvalue weighted by atomic mass is 10.1. The summed E-state index contributed by atoms with van der Waals surface area (Å²) in [5.74, 6) is 6.81. The van der Waals surface area contributed by atoms with Crippen LogP contribution in [0, 0.1) is 17.7 Å². The molecule has 0 bridgehead atoms. The normalized spacial score (nSPS) is 13.6. The van der Waals surface area contributed by atoms with E-state index in [1.54, 1.807) is 24.3 Å². The Morgan fingerprint density at radius 1 is 1.02 bits per heavy atom. The second-order valence-corrected chi connectivity index (χ2v) is 12.5. The molecule has 0 saturated carbocycles. The number of halogens is 2. The van der Waals surface area contributed by atoms with Crippen LogP contribution in [0.4, 0.5) is 15.9 Å². The monoisotopic (exact) mass is 654 g/mol. The molecule has 1 amide bonds. The summed E-state index contributed by atoms with van der Waals surface area (Å²) in [6, 6.07) is 21.3. The van der Waals surface area contributed by atoms with Crippen LogP contribution in [0.3, 0.4) is 0 Å². The largest absolute Gasteiger partial charge is 0.487 e. The maximum Gasteiger partial charge on any atom is 0.252 e. The molecule has 5 aromatic rings. The lowest BCUT2D eigenvalue weighted by molar-refractivity contribution is 0.0958. The van der Waals surface area contributed by atoms with Gasteiger partial charge in [0.25, 0.3) is 5.91 Å². The number of amides is 1. The summed E-state index contributed by atoms with van der Waals surface area (Å²) in [5.41, 5.74) is 4.01. The number of carbonyl (C=O) groups is 1. The number of thiophene rings is 1. The lowest BCUT2D eigenvalue weighted by Crippen LogP contribution is -2.43. The number of likely N-dealkylation sites (N-methyl/N-ethyl adjacent to an activating group) is 1. The quantitative estimate of drug-likeness (QED) is 0.180. The number of ether oxygens (including phenoxy) is 1. The Kier molecular flexibility index (Phi) is 10.1. The average Bonchev–Trinajstić information content (AvgIpc) is 3.48. The van der Waals surface area contributed by atoms with E-state index in [1.807, 2.05) is 36.4 Å². The van der Waals surface area contributed by atoms with E-state index in [0.717, 1.165) is 53.5 Å². The first-order valence-corrected chi connectivity index (χ1v) is 16.0. The van der Waals surface area contributed by atoms with Crippen molar-refractivity contribution >= 4 is 50.6 Å². The van der Waals surface area contributed by atoms with Crippen LogP contribution >= 0.6 is 22.9 Å². The third-order valence-corrected chi connectivity index (χ3v) is 8.90. The molecule has 0 unspecified atom stereocenters. The molecule has 0 aliphatic carbocycles. The molecule has 11 heteroatoms. The smallest absolute Gasteiger partial charge is 0.252 e. The minimum Gasteiger partial charge on any atom is -0.487 e. The molecule has 1 fully saturated rings. The van der Waals surface area contributed by atoms with E-state index in [4.69, 9.17) is 16.3 Å². The molecule has 0 atom stereocenters. The number of nitrogens with zero attached hydrogens (tertiary/aromatic N) is 4. The van der Waals surface area contributed by atoms with Crippen molar-refractivity contribution in [2.45, 2.75) is 13.2 Å². The maximum atomic E-state index is 13.5. The molecule has 1 aliphatic heterocycles. The Balaban J connectivity index is 1.03. The molecule has 3 aromatic carbocycles. The fraction of sp³-hybridized carbons (Fsp3) is 0.229. The summed E-state index contributed by atoms with van der Waals surface area (Å²) in [5, 5.41) is 6.59. The molecule has 0 spiro atoms. The molecule has 234 valence electrons. The molecular weight excluding hydrogens is 623 g/mol. The van der Waals surface area contributed by atoms with E-state index >= 15 is 0 Å². The molecule has 0 radical (unpaired) electrons.